The minimum atomic E-state index is -0.161. The van der Waals surface area contributed by atoms with E-state index < -0.39 is 0 Å². The lowest BCUT2D eigenvalue weighted by molar-refractivity contribution is 0.0323. The maximum absolute atomic E-state index is 12.9. The molecule has 0 amide bonds. The van der Waals surface area contributed by atoms with Crippen LogP contribution in [0.1, 0.15) is 18.4 Å². The van der Waals surface area contributed by atoms with Crippen LogP contribution in [-0.4, -0.2) is 68.3 Å². The van der Waals surface area contributed by atoms with Gasteiger partial charge in [0.05, 0.1) is 36.4 Å². The van der Waals surface area contributed by atoms with Crippen molar-refractivity contribution in [1.29, 1.82) is 0 Å². The van der Waals surface area contributed by atoms with Crippen molar-refractivity contribution in [3.05, 3.63) is 52.7 Å². The molecule has 1 aliphatic heterocycles. The van der Waals surface area contributed by atoms with Gasteiger partial charge in [-0.15, -0.1) is 0 Å². The Labute approximate surface area is 179 Å². The van der Waals surface area contributed by atoms with E-state index in [9.17, 15) is 4.79 Å². The lowest BCUT2D eigenvalue weighted by Crippen LogP contribution is -2.38. The number of aryl methyl sites for hydroxylation is 2. The first-order chi connectivity index (χ1) is 15.2. The number of hydrogen-bond acceptors (Lipinski definition) is 6. The van der Waals surface area contributed by atoms with Gasteiger partial charge in [0.15, 0.2) is 0 Å². The van der Waals surface area contributed by atoms with Crippen LogP contribution in [0.2, 0.25) is 0 Å². The standard InChI is InChI=1S/C22H26N6O3/c1-3-19-24-15(2)21-22(29)25-20-17(28(19)21)12-16(27-5-4-23-14-27)13-18(20)31-11-8-26-6-9-30-10-7-26/h4-5,12-14H,3,6-11H2,1-2H3,(H,25,29). The predicted octanol–water partition coefficient (Wildman–Crippen LogP) is 1.94. The first kappa shape index (κ1) is 19.8. The fourth-order valence-corrected chi connectivity index (χ4v) is 4.20. The van der Waals surface area contributed by atoms with Gasteiger partial charge in [0.1, 0.15) is 29.2 Å². The van der Waals surface area contributed by atoms with Crippen LogP contribution in [0.25, 0.3) is 22.2 Å². The molecular weight excluding hydrogens is 396 g/mol. The molecular formula is C22H26N6O3. The maximum atomic E-state index is 12.9. The molecule has 4 aromatic rings. The number of nitrogens with one attached hydrogen (secondary N) is 1. The van der Waals surface area contributed by atoms with Gasteiger partial charge in [-0.2, -0.15) is 0 Å². The van der Waals surface area contributed by atoms with Gasteiger partial charge >= 0.3 is 0 Å². The van der Waals surface area contributed by atoms with Crippen LogP contribution >= 0.6 is 0 Å². The van der Waals surface area contributed by atoms with E-state index >= 15 is 0 Å². The first-order valence-electron chi connectivity index (χ1n) is 10.6. The molecule has 1 aliphatic rings. The van der Waals surface area contributed by atoms with Crippen molar-refractivity contribution in [3.63, 3.8) is 0 Å². The zero-order chi connectivity index (χ0) is 21.4. The second kappa shape index (κ2) is 8.16. The van der Waals surface area contributed by atoms with Gasteiger partial charge < -0.3 is 19.0 Å². The van der Waals surface area contributed by atoms with Crippen LogP contribution in [-0.2, 0) is 11.2 Å². The Morgan fingerprint density at radius 3 is 2.84 bits per heavy atom. The average Bonchev–Trinajstić information content (AvgIpc) is 3.43. The van der Waals surface area contributed by atoms with Gasteiger partial charge in [-0.05, 0) is 13.0 Å². The lowest BCUT2D eigenvalue weighted by atomic mass is 10.2. The predicted molar refractivity (Wildman–Crippen MR) is 117 cm³/mol. The molecule has 0 aliphatic carbocycles. The highest BCUT2D eigenvalue weighted by Gasteiger charge is 2.18. The van der Waals surface area contributed by atoms with Crippen LogP contribution in [0.5, 0.6) is 5.75 Å². The normalized spacial score (nSPS) is 15.2. The van der Waals surface area contributed by atoms with E-state index in [0.717, 1.165) is 62.0 Å². The summed E-state index contributed by atoms with van der Waals surface area (Å²) >= 11 is 0. The molecule has 1 aromatic carbocycles. The lowest BCUT2D eigenvalue weighted by Gasteiger charge is -2.26. The second-order valence-electron chi connectivity index (χ2n) is 7.72. The van der Waals surface area contributed by atoms with E-state index in [1.807, 2.05) is 41.1 Å². The van der Waals surface area contributed by atoms with Crippen molar-refractivity contribution in [1.82, 2.24) is 28.8 Å². The summed E-state index contributed by atoms with van der Waals surface area (Å²) in [5, 5.41) is 0. The third-order valence-corrected chi connectivity index (χ3v) is 5.77. The molecule has 1 N–H and O–H groups in total. The van der Waals surface area contributed by atoms with E-state index in [1.54, 1.807) is 12.5 Å². The number of imidazole rings is 2. The molecule has 0 saturated carbocycles. The van der Waals surface area contributed by atoms with Crippen molar-refractivity contribution in [2.24, 2.45) is 0 Å². The third-order valence-electron chi connectivity index (χ3n) is 5.77. The molecule has 9 heteroatoms. The minimum Gasteiger partial charge on any atom is -0.490 e. The molecule has 9 nitrogen and oxygen atoms in total. The van der Waals surface area contributed by atoms with E-state index in [2.05, 4.69) is 19.9 Å². The van der Waals surface area contributed by atoms with E-state index in [-0.39, 0.29) is 5.56 Å². The summed E-state index contributed by atoms with van der Waals surface area (Å²) in [5.41, 5.74) is 3.59. The molecule has 0 atom stereocenters. The highest BCUT2D eigenvalue weighted by Crippen LogP contribution is 2.29. The highest BCUT2D eigenvalue weighted by atomic mass is 16.5. The Balaban J connectivity index is 1.63. The molecule has 3 aromatic heterocycles. The van der Waals surface area contributed by atoms with Gasteiger partial charge in [-0.1, -0.05) is 6.92 Å². The number of hydrogen-bond donors (Lipinski definition) is 1. The van der Waals surface area contributed by atoms with E-state index in [0.29, 0.717) is 23.4 Å². The van der Waals surface area contributed by atoms with Crippen molar-refractivity contribution in [2.75, 3.05) is 39.5 Å². The van der Waals surface area contributed by atoms with Crippen LogP contribution in [0, 0.1) is 6.92 Å². The average molecular weight is 422 g/mol. The van der Waals surface area contributed by atoms with E-state index in [1.165, 1.54) is 0 Å². The summed E-state index contributed by atoms with van der Waals surface area (Å²) in [4.78, 5) is 27.1. The number of aromatic amines is 1. The molecule has 0 spiro atoms. The largest absolute Gasteiger partial charge is 0.490 e. The molecule has 162 valence electrons. The van der Waals surface area contributed by atoms with Gasteiger partial charge in [0, 0.05) is 44.5 Å². The summed E-state index contributed by atoms with van der Waals surface area (Å²) in [6, 6.07) is 3.98. The van der Waals surface area contributed by atoms with Crippen molar-refractivity contribution >= 4 is 16.6 Å². The monoisotopic (exact) mass is 422 g/mol. The summed E-state index contributed by atoms with van der Waals surface area (Å²) in [5.74, 6) is 1.49. The van der Waals surface area contributed by atoms with E-state index in [4.69, 9.17) is 9.47 Å². The summed E-state index contributed by atoms with van der Waals surface area (Å²) in [6.45, 7) is 8.56. The maximum Gasteiger partial charge on any atom is 0.274 e. The summed E-state index contributed by atoms with van der Waals surface area (Å²) < 4.78 is 15.5. The molecule has 4 heterocycles. The Kier molecular flexibility index (Phi) is 5.21. The molecule has 5 rings (SSSR count). The van der Waals surface area contributed by atoms with Crippen molar-refractivity contribution in [3.8, 4) is 11.4 Å². The molecule has 31 heavy (non-hydrogen) atoms. The van der Waals surface area contributed by atoms with Crippen LogP contribution in [0.4, 0.5) is 0 Å². The van der Waals surface area contributed by atoms with Gasteiger partial charge in [0.2, 0.25) is 0 Å². The first-order valence-corrected chi connectivity index (χ1v) is 10.6. The minimum absolute atomic E-state index is 0.161. The molecule has 1 fully saturated rings. The number of rotatable bonds is 6. The van der Waals surface area contributed by atoms with Gasteiger partial charge in [-0.25, -0.2) is 9.97 Å². The SMILES string of the molecule is CCc1nc(C)c2c(=O)[nH]c3c(OCCN4CCOCC4)cc(-n4ccnc4)cc3n12. The Hall–Kier alpha value is -3.17. The Morgan fingerprint density at radius 2 is 2.10 bits per heavy atom. The molecule has 0 unspecified atom stereocenters. The number of H-pyrrole nitrogens is 1. The van der Waals surface area contributed by atoms with Crippen molar-refractivity contribution in [2.45, 2.75) is 20.3 Å². The number of aromatic nitrogens is 5. The zero-order valence-electron chi connectivity index (χ0n) is 17.8. The summed E-state index contributed by atoms with van der Waals surface area (Å²) in [7, 11) is 0. The number of fused-ring (bicyclic) bond motifs is 3. The highest BCUT2D eigenvalue weighted by molar-refractivity contribution is 5.86. The quantitative estimate of drug-likeness (QED) is 0.511. The zero-order valence-corrected chi connectivity index (χ0v) is 17.8. The number of benzene rings is 1. The summed E-state index contributed by atoms with van der Waals surface area (Å²) in [6.07, 6.45) is 6.10. The fourth-order valence-electron chi connectivity index (χ4n) is 4.20. The third kappa shape index (κ3) is 3.60. The van der Waals surface area contributed by atoms with Crippen LogP contribution in [0.3, 0.4) is 0 Å². The Bertz CT molecular complexity index is 1270. The number of nitrogens with zero attached hydrogens (tertiary/aromatic N) is 5. The Morgan fingerprint density at radius 1 is 1.26 bits per heavy atom. The molecule has 0 radical (unpaired) electrons. The van der Waals surface area contributed by atoms with Crippen LogP contribution < -0.4 is 10.3 Å². The van der Waals surface area contributed by atoms with Crippen LogP contribution in [0.15, 0.2) is 35.6 Å². The van der Waals surface area contributed by atoms with Gasteiger partial charge in [0.25, 0.3) is 5.56 Å². The molecule has 1 saturated heterocycles. The van der Waals surface area contributed by atoms with Gasteiger partial charge in [-0.3, -0.25) is 14.1 Å². The smallest absolute Gasteiger partial charge is 0.274 e. The molecule has 0 bridgehead atoms. The number of morpholine rings is 1. The second-order valence-corrected chi connectivity index (χ2v) is 7.72. The fraction of sp³-hybridized carbons (Fsp3) is 0.409. The number of ether oxygens (including phenoxy) is 2. The van der Waals surface area contributed by atoms with Crippen molar-refractivity contribution < 1.29 is 9.47 Å². The topological polar surface area (TPSA) is 89.7 Å².